The van der Waals surface area contributed by atoms with Crippen LogP contribution in [0.5, 0.6) is 0 Å². The summed E-state index contributed by atoms with van der Waals surface area (Å²) >= 11 is 0. The molecule has 1 atom stereocenters. The summed E-state index contributed by atoms with van der Waals surface area (Å²) in [6.45, 7) is 3.66. The van der Waals surface area contributed by atoms with Crippen LogP contribution in [-0.4, -0.2) is 58.2 Å². The van der Waals surface area contributed by atoms with E-state index in [0.717, 1.165) is 51.5 Å². The lowest BCUT2D eigenvalue weighted by Gasteiger charge is -2.38. The van der Waals surface area contributed by atoms with Crippen molar-refractivity contribution in [2.45, 2.75) is 37.5 Å². The number of piperidine rings is 1. The van der Waals surface area contributed by atoms with Gasteiger partial charge < -0.3 is 9.64 Å². The Morgan fingerprint density at radius 3 is 2.72 bits per heavy atom. The van der Waals surface area contributed by atoms with Crippen LogP contribution in [0, 0.1) is 0 Å². The van der Waals surface area contributed by atoms with Gasteiger partial charge in [-0.15, -0.1) is 0 Å². The standard InChI is InChI=1S/C19H25N5O/c1-23(14-16-4-2-7-20-13-16)17-12-19(25-15-17)5-10-24(11-6-19)18-21-8-3-9-22-18/h2-4,7-9,13,17H,5-6,10-12,14-15H2,1H3/t17-/m0/s1. The molecule has 0 N–H and O–H groups in total. The summed E-state index contributed by atoms with van der Waals surface area (Å²) in [6.07, 6.45) is 10.6. The van der Waals surface area contributed by atoms with E-state index < -0.39 is 0 Å². The Morgan fingerprint density at radius 1 is 1.20 bits per heavy atom. The molecule has 4 heterocycles. The third-order valence-corrected chi connectivity index (χ3v) is 5.48. The summed E-state index contributed by atoms with van der Waals surface area (Å²) in [7, 11) is 2.19. The summed E-state index contributed by atoms with van der Waals surface area (Å²) in [4.78, 5) is 17.6. The van der Waals surface area contributed by atoms with Crippen LogP contribution in [-0.2, 0) is 11.3 Å². The van der Waals surface area contributed by atoms with E-state index in [-0.39, 0.29) is 5.60 Å². The zero-order valence-electron chi connectivity index (χ0n) is 14.7. The third-order valence-electron chi connectivity index (χ3n) is 5.48. The number of anilines is 1. The highest BCUT2D eigenvalue weighted by atomic mass is 16.5. The van der Waals surface area contributed by atoms with E-state index in [0.29, 0.717) is 6.04 Å². The molecule has 0 aliphatic carbocycles. The maximum atomic E-state index is 6.31. The maximum absolute atomic E-state index is 6.31. The highest BCUT2D eigenvalue weighted by Crippen LogP contribution is 2.38. The smallest absolute Gasteiger partial charge is 0.225 e. The summed E-state index contributed by atoms with van der Waals surface area (Å²) in [5.41, 5.74) is 1.28. The summed E-state index contributed by atoms with van der Waals surface area (Å²) in [5.74, 6) is 0.834. The molecule has 6 nitrogen and oxygen atoms in total. The van der Waals surface area contributed by atoms with Crippen molar-refractivity contribution in [1.82, 2.24) is 19.9 Å². The average molecular weight is 339 g/mol. The fourth-order valence-corrected chi connectivity index (χ4v) is 3.93. The van der Waals surface area contributed by atoms with Gasteiger partial charge in [-0.25, -0.2) is 9.97 Å². The van der Waals surface area contributed by atoms with E-state index >= 15 is 0 Å². The van der Waals surface area contributed by atoms with E-state index in [1.807, 2.05) is 36.9 Å². The molecular weight excluding hydrogens is 314 g/mol. The lowest BCUT2D eigenvalue weighted by Crippen LogP contribution is -2.45. The molecule has 0 bridgehead atoms. The molecular formula is C19H25N5O. The van der Waals surface area contributed by atoms with Gasteiger partial charge in [0.05, 0.1) is 12.2 Å². The van der Waals surface area contributed by atoms with Crippen molar-refractivity contribution in [3.05, 3.63) is 48.5 Å². The number of hydrogen-bond donors (Lipinski definition) is 0. The molecule has 0 radical (unpaired) electrons. The first-order chi connectivity index (χ1) is 12.2. The topological polar surface area (TPSA) is 54.4 Å². The second-order valence-corrected chi connectivity index (χ2v) is 7.16. The molecule has 132 valence electrons. The Balaban J connectivity index is 1.33. The van der Waals surface area contributed by atoms with Crippen LogP contribution < -0.4 is 4.90 Å². The van der Waals surface area contributed by atoms with E-state index in [1.165, 1.54) is 5.56 Å². The maximum Gasteiger partial charge on any atom is 0.225 e. The van der Waals surface area contributed by atoms with Gasteiger partial charge in [-0.05, 0) is 44.0 Å². The molecule has 1 spiro atoms. The van der Waals surface area contributed by atoms with Crippen LogP contribution in [0.4, 0.5) is 5.95 Å². The van der Waals surface area contributed by atoms with Gasteiger partial charge in [0.1, 0.15) is 0 Å². The van der Waals surface area contributed by atoms with Gasteiger partial charge in [0.25, 0.3) is 0 Å². The molecule has 0 amide bonds. The van der Waals surface area contributed by atoms with E-state index in [9.17, 15) is 0 Å². The second kappa shape index (κ2) is 7.06. The fraction of sp³-hybridized carbons (Fsp3) is 0.526. The van der Waals surface area contributed by atoms with Crippen LogP contribution in [0.25, 0.3) is 0 Å². The lowest BCUT2D eigenvalue weighted by atomic mass is 9.87. The molecule has 0 aromatic carbocycles. The Morgan fingerprint density at radius 2 is 2.00 bits per heavy atom. The predicted octanol–water partition coefficient (Wildman–Crippen LogP) is 2.13. The normalized spacial score (nSPS) is 22.6. The molecule has 2 fully saturated rings. The fourth-order valence-electron chi connectivity index (χ4n) is 3.93. The number of nitrogens with zero attached hydrogens (tertiary/aromatic N) is 5. The van der Waals surface area contributed by atoms with Crippen molar-refractivity contribution in [3.8, 4) is 0 Å². The van der Waals surface area contributed by atoms with Gasteiger partial charge in [0.15, 0.2) is 0 Å². The van der Waals surface area contributed by atoms with Gasteiger partial charge in [0, 0.05) is 50.5 Å². The van der Waals surface area contributed by atoms with E-state index in [1.54, 1.807) is 0 Å². The summed E-state index contributed by atoms with van der Waals surface area (Å²) in [6, 6.07) is 6.46. The van der Waals surface area contributed by atoms with Crippen molar-refractivity contribution in [2.75, 3.05) is 31.6 Å². The molecule has 2 saturated heterocycles. The Hall–Kier alpha value is -2.05. The Labute approximate surface area is 148 Å². The van der Waals surface area contributed by atoms with Crippen molar-refractivity contribution < 1.29 is 4.74 Å². The van der Waals surface area contributed by atoms with Crippen molar-refractivity contribution in [3.63, 3.8) is 0 Å². The molecule has 0 unspecified atom stereocenters. The summed E-state index contributed by atoms with van der Waals surface area (Å²) in [5, 5.41) is 0. The van der Waals surface area contributed by atoms with Crippen molar-refractivity contribution in [1.29, 1.82) is 0 Å². The number of aromatic nitrogens is 3. The van der Waals surface area contributed by atoms with E-state index in [4.69, 9.17) is 4.74 Å². The minimum Gasteiger partial charge on any atom is -0.373 e. The molecule has 25 heavy (non-hydrogen) atoms. The van der Waals surface area contributed by atoms with Gasteiger partial charge in [-0.2, -0.15) is 0 Å². The Kier molecular flexibility index (Phi) is 4.63. The van der Waals surface area contributed by atoms with Crippen molar-refractivity contribution >= 4 is 5.95 Å². The van der Waals surface area contributed by atoms with Crippen LogP contribution in [0.1, 0.15) is 24.8 Å². The molecule has 0 saturated carbocycles. The first-order valence-electron chi connectivity index (χ1n) is 8.99. The number of likely N-dealkylation sites (N-methyl/N-ethyl adjacent to an activating group) is 1. The van der Waals surface area contributed by atoms with Gasteiger partial charge >= 0.3 is 0 Å². The highest BCUT2D eigenvalue weighted by molar-refractivity contribution is 5.29. The van der Waals surface area contributed by atoms with Crippen molar-refractivity contribution in [2.24, 2.45) is 0 Å². The molecule has 2 aromatic rings. The van der Waals surface area contributed by atoms with Crippen LogP contribution in [0.15, 0.2) is 43.0 Å². The van der Waals surface area contributed by atoms with Gasteiger partial charge in [-0.1, -0.05) is 6.07 Å². The zero-order chi connectivity index (χ0) is 17.1. The number of pyridine rings is 1. The SMILES string of the molecule is CN(Cc1cccnc1)[C@@H]1COC2(CCN(c3ncccn3)CC2)C1. The molecule has 2 aliphatic heterocycles. The monoisotopic (exact) mass is 339 g/mol. The number of hydrogen-bond acceptors (Lipinski definition) is 6. The van der Waals surface area contributed by atoms with Gasteiger partial charge in [-0.3, -0.25) is 9.88 Å². The molecule has 2 aliphatic rings. The predicted molar refractivity (Wildman–Crippen MR) is 96.3 cm³/mol. The van der Waals surface area contributed by atoms with Crippen LogP contribution >= 0.6 is 0 Å². The zero-order valence-corrected chi connectivity index (χ0v) is 14.7. The first kappa shape index (κ1) is 16.4. The number of rotatable bonds is 4. The third kappa shape index (κ3) is 3.65. The van der Waals surface area contributed by atoms with E-state index in [2.05, 4.69) is 37.9 Å². The van der Waals surface area contributed by atoms with Crippen LogP contribution in [0.2, 0.25) is 0 Å². The number of ether oxygens (including phenoxy) is 1. The molecule has 4 rings (SSSR count). The first-order valence-corrected chi connectivity index (χ1v) is 8.99. The molecule has 2 aromatic heterocycles. The lowest BCUT2D eigenvalue weighted by molar-refractivity contribution is -0.0159. The average Bonchev–Trinajstić information content (AvgIpc) is 3.08. The summed E-state index contributed by atoms with van der Waals surface area (Å²) < 4.78 is 6.31. The van der Waals surface area contributed by atoms with Crippen LogP contribution in [0.3, 0.4) is 0 Å². The minimum absolute atomic E-state index is 0.0269. The van der Waals surface area contributed by atoms with Gasteiger partial charge in [0.2, 0.25) is 5.95 Å². The largest absolute Gasteiger partial charge is 0.373 e. The highest BCUT2D eigenvalue weighted by Gasteiger charge is 2.44. The quantitative estimate of drug-likeness (QED) is 0.851. The second-order valence-electron chi connectivity index (χ2n) is 7.16. The Bertz CT molecular complexity index is 673. The molecule has 6 heteroatoms. The minimum atomic E-state index is 0.0269.